The molecule has 0 amide bonds. The highest BCUT2D eigenvalue weighted by Gasteiger charge is 2.38. The van der Waals surface area contributed by atoms with Crippen molar-refractivity contribution < 1.29 is 0 Å². The molecule has 440 valence electrons. The lowest BCUT2D eigenvalue weighted by molar-refractivity contribution is 0.746. The lowest BCUT2D eigenvalue weighted by Crippen LogP contribution is -2.28. The molecule has 19 rings (SSSR count). The molecule has 8 nitrogen and oxygen atoms in total. The number of anilines is 2. The van der Waals surface area contributed by atoms with Crippen LogP contribution in [-0.4, -0.2) is 40.5 Å². The minimum absolute atomic E-state index is 0.131. The summed E-state index contributed by atoms with van der Waals surface area (Å²) in [5.74, 6) is 3.91. The van der Waals surface area contributed by atoms with Crippen LogP contribution in [0.2, 0.25) is 0 Å². The quantitative estimate of drug-likeness (QED) is 0.135. The molecule has 5 aromatic heterocycles. The average Bonchev–Trinajstić information content (AvgIpc) is 1.57. The molecule has 2 unspecified atom stereocenters. The Morgan fingerprint density at radius 1 is 0.277 bits per heavy atom. The van der Waals surface area contributed by atoms with Gasteiger partial charge in [0, 0.05) is 86.7 Å². The maximum Gasteiger partial charge on any atom is 0.165 e. The number of para-hydroxylation sites is 2. The zero-order chi connectivity index (χ0) is 61.8. The largest absolute Gasteiger partial charge is 0.332 e. The van der Waals surface area contributed by atoms with Gasteiger partial charge in [0.15, 0.2) is 34.9 Å². The number of hydrogen-bond donors (Lipinski definition) is 0. The first-order valence-electron chi connectivity index (χ1n) is 31.7. The van der Waals surface area contributed by atoms with Crippen molar-refractivity contribution in [2.75, 3.05) is 4.90 Å². The molecule has 10 heteroatoms. The molecule has 0 saturated heterocycles. The first-order chi connectivity index (χ1) is 46.6. The third-order valence-electron chi connectivity index (χ3n) is 18.7. The van der Waals surface area contributed by atoms with Crippen molar-refractivity contribution in [2.45, 2.75) is 12.0 Å². The van der Waals surface area contributed by atoms with Crippen molar-refractivity contribution in [2.24, 2.45) is 0 Å². The molecule has 0 fully saturated rings. The van der Waals surface area contributed by atoms with Gasteiger partial charge >= 0.3 is 0 Å². The molecule has 0 saturated carbocycles. The van der Waals surface area contributed by atoms with Crippen LogP contribution >= 0.6 is 22.7 Å². The maximum absolute atomic E-state index is 5.44. The lowest BCUT2D eigenvalue weighted by atomic mass is 9.91. The van der Waals surface area contributed by atoms with Gasteiger partial charge in [0.2, 0.25) is 0 Å². The standard InChI is InChI=1S/C84H52N8S2/c1-5-22-51(23-6-1)57-46-47-62-61-32-15-18-39-70(61)92(73(62)50-57)71-40-20-34-64-63-33-19-36-66(75(63)93-76(64)71)83-87-81(55-28-11-4-12-29-55)86-82(90-83)56-44-42-52(43-45-56)58-48-49-67(84-88-79(53-24-7-2-8-25-53)85-80(89-84)54-26-9-3-10-27-54)78-74(58)65-35-21-41-72(77(65)94-78)91-68-37-16-13-30-59(68)60-31-14-17-38-69(60)91/h1-50,59,68H. The second-order valence-corrected chi connectivity index (χ2v) is 26.1. The average molecular weight is 1240 g/mol. The molecule has 0 radical (unpaired) electrons. The van der Waals surface area contributed by atoms with E-state index in [1.54, 1.807) is 11.3 Å². The van der Waals surface area contributed by atoms with Crippen molar-refractivity contribution in [3.8, 4) is 96.3 Å². The fraction of sp³-hybridized carbons (Fsp3) is 0.0238. The number of allylic oxidation sites excluding steroid dienone is 2. The van der Waals surface area contributed by atoms with Gasteiger partial charge in [-0.1, -0.05) is 261 Å². The van der Waals surface area contributed by atoms with E-state index in [2.05, 4.69) is 258 Å². The zero-order valence-electron chi connectivity index (χ0n) is 50.4. The summed E-state index contributed by atoms with van der Waals surface area (Å²) in [5.41, 5.74) is 17.3. The van der Waals surface area contributed by atoms with Gasteiger partial charge in [-0.2, -0.15) is 0 Å². The Bertz CT molecular complexity index is 5880. The van der Waals surface area contributed by atoms with Crippen LogP contribution in [0.15, 0.2) is 303 Å². The summed E-state index contributed by atoms with van der Waals surface area (Å²) in [4.78, 5) is 34.4. The van der Waals surface area contributed by atoms with Crippen LogP contribution in [0.1, 0.15) is 11.5 Å². The molecule has 1 aliphatic carbocycles. The lowest BCUT2D eigenvalue weighted by Gasteiger charge is -2.29. The first-order valence-corrected chi connectivity index (χ1v) is 33.3. The Kier molecular flexibility index (Phi) is 12.6. The molecule has 2 aliphatic rings. The number of aromatic nitrogens is 7. The predicted molar refractivity (Wildman–Crippen MR) is 390 cm³/mol. The number of rotatable bonds is 10. The van der Waals surface area contributed by atoms with Gasteiger partial charge in [-0.25, -0.2) is 29.9 Å². The van der Waals surface area contributed by atoms with Crippen LogP contribution in [0.4, 0.5) is 11.4 Å². The van der Waals surface area contributed by atoms with E-state index in [1.165, 1.54) is 70.0 Å². The highest BCUT2D eigenvalue weighted by molar-refractivity contribution is 7.27. The van der Waals surface area contributed by atoms with Gasteiger partial charge in [-0.15, -0.1) is 22.7 Å². The fourth-order valence-electron chi connectivity index (χ4n) is 14.3. The monoisotopic (exact) mass is 1240 g/mol. The van der Waals surface area contributed by atoms with Gasteiger partial charge in [0.1, 0.15) is 0 Å². The molecule has 2 atom stereocenters. The molecule has 0 spiro atoms. The van der Waals surface area contributed by atoms with E-state index in [0.717, 1.165) is 70.4 Å². The highest BCUT2D eigenvalue weighted by atomic mass is 32.1. The molecule has 12 aromatic carbocycles. The third kappa shape index (κ3) is 8.79. The van der Waals surface area contributed by atoms with Crippen LogP contribution in [0.25, 0.3) is 158 Å². The van der Waals surface area contributed by atoms with E-state index in [9.17, 15) is 0 Å². The first kappa shape index (κ1) is 54.0. The highest BCUT2D eigenvalue weighted by Crippen LogP contribution is 2.54. The number of nitrogens with zero attached hydrogens (tertiary/aromatic N) is 8. The Labute approximate surface area is 549 Å². The third-order valence-corrected chi connectivity index (χ3v) is 21.2. The number of benzene rings is 12. The van der Waals surface area contributed by atoms with Crippen LogP contribution in [0, 0.1) is 0 Å². The van der Waals surface area contributed by atoms with Crippen molar-refractivity contribution in [3.63, 3.8) is 0 Å². The van der Waals surface area contributed by atoms with Gasteiger partial charge in [0.25, 0.3) is 0 Å². The summed E-state index contributed by atoms with van der Waals surface area (Å²) in [6.07, 6.45) is 9.08. The summed E-state index contributed by atoms with van der Waals surface area (Å²) in [5, 5.41) is 7.09. The topological polar surface area (TPSA) is 85.5 Å². The van der Waals surface area contributed by atoms with Crippen LogP contribution < -0.4 is 4.90 Å². The molecule has 0 N–H and O–H groups in total. The van der Waals surface area contributed by atoms with E-state index in [4.69, 9.17) is 29.9 Å². The van der Waals surface area contributed by atoms with Crippen LogP contribution in [0.5, 0.6) is 0 Å². The van der Waals surface area contributed by atoms with E-state index in [-0.39, 0.29) is 12.0 Å². The molecular weight excluding hydrogens is 1190 g/mol. The van der Waals surface area contributed by atoms with Crippen molar-refractivity contribution >= 4 is 96.2 Å². The van der Waals surface area contributed by atoms with E-state index in [1.807, 2.05) is 65.9 Å². The van der Waals surface area contributed by atoms with Gasteiger partial charge < -0.3 is 9.47 Å². The summed E-state index contributed by atoms with van der Waals surface area (Å²) in [6.45, 7) is 0. The SMILES string of the molecule is C1=CC2c3ccccc3N(c3cccc4c3sc3c(-c5nc(-c6ccccc6)nc(-c6ccccc6)n5)ccc(-c5ccc(-c6nc(-c7ccccc7)nc(-c7cccc8c7sc7c(-n9c%10ccccc%10c%10ccc(-c%11ccccc%11)cc%109)cccc78)n6)cc5)c34)C2C=C1. The second-order valence-electron chi connectivity index (χ2n) is 24.0. The fourth-order valence-corrected chi connectivity index (χ4v) is 17.0. The minimum Gasteiger partial charge on any atom is -0.332 e. The number of hydrogen-bond acceptors (Lipinski definition) is 9. The van der Waals surface area contributed by atoms with Crippen molar-refractivity contribution in [3.05, 3.63) is 309 Å². The predicted octanol–water partition coefficient (Wildman–Crippen LogP) is 22.0. The van der Waals surface area contributed by atoms with E-state index < -0.39 is 0 Å². The Balaban J connectivity index is 0.766. The number of thiophene rings is 2. The molecule has 94 heavy (non-hydrogen) atoms. The van der Waals surface area contributed by atoms with Gasteiger partial charge in [-0.05, 0) is 70.3 Å². The Morgan fingerprint density at radius 3 is 1.41 bits per heavy atom. The van der Waals surface area contributed by atoms with Gasteiger partial charge in [-0.3, -0.25) is 0 Å². The van der Waals surface area contributed by atoms with E-state index >= 15 is 0 Å². The summed E-state index contributed by atoms with van der Waals surface area (Å²) < 4.78 is 7.06. The van der Waals surface area contributed by atoms with Crippen LogP contribution in [0.3, 0.4) is 0 Å². The van der Waals surface area contributed by atoms with Crippen molar-refractivity contribution in [1.82, 2.24) is 34.5 Å². The summed E-state index contributed by atoms with van der Waals surface area (Å²) >= 11 is 3.61. The summed E-state index contributed by atoms with van der Waals surface area (Å²) in [7, 11) is 0. The van der Waals surface area contributed by atoms with E-state index in [0.29, 0.717) is 34.9 Å². The second kappa shape index (κ2) is 22.0. The molecule has 17 aromatic rings. The zero-order valence-corrected chi connectivity index (χ0v) is 52.0. The molecule has 0 bridgehead atoms. The number of fused-ring (bicyclic) bond motifs is 12. The van der Waals surface area contributed by atoms with Gasteiger partial charge in [0.05, 0.1) is 37.8 Å². The Morgan fingerprint density at radius 2 is 0.734 bits per heavy atom. The smallest absolute Gasteiger partial charge is 0.165 e. The normalized spacial score (nSPS) is 14.3. The van der Waals surface area contributed by atoms with Crippen LogP contribution in [-0.2, 0) is 0 Å². The maximum atomic E-state index is 5.44. The molecular formula is C84H52N8S2. The van der Waals surface area contributed by atoms with Crippen molar-refractivity contribution in [1.29, 1.82) is 0 Å². The molecule has 6 heterocycles. The summed E-state index contributed by atoms with van der Waals surface area (Å²) in [6, 6.07) is 99.3. The molecule has 1 aliphatic heterocycles. The minimum atomic E-state index is 0.131. The Hall–Kier alpha value is -11.8.